The van der Waals surface area contributed by atoms with Gasteiger partial charge in [-0.3, -0.25) is 4.90 Å². The summed E-state index contributed by atoms with van der Waals surface area (Å²) in [5.41, 5.74) is 0. The second kappa shape index (κ2) is 6.77. The van der Waals surface area contributed by atoms with Crippen molar-refractivity contribution in [2.45, 2.75) is 31.5 Å². The number of aromatic nitrogens is 2. The monoisotopic (exact) mass is 300 g/mol. The lowest BCUT2D eigenvalue weighted by Gasteiger charge is -2.38. The van der Waals surface area contributed by atoms with Gasteiger partial charge in [-0.05, 0) is 19.6 Å². The molecule has 0 bridgehead atoms. The zero-order valence-electron chi connectivity index (χ0n) is 11.8. The minimum absolute atomic E-state index is 0.527. The molecular formula is C13H21ClN4S. The van der Waals surface area contributed by atoms with Crippen molar-refractivity contribution in [3.8, 4) is 0 Å². The van der Waals surface area contributed by atoms with Gasteiger partial charge in [0.25, 0.3) is 0 Å². The van der Waals surface area contributed by atoms with Crippen molar-refractivity contribution in [1.82, 2.24) is 14.9 Å². The SMILES string of the molecule is CCC(C)N1CCN(c2cc(Cl)nc(SC)n2)CC1. The van der Waals surface area contributed by atoms with Crippen LogP contribution in [0.3, 0.4) is 0 Å². The first-order valence-corrected chi connectivity index (χ1v) is 8.32. The Hall–Kier alpha value is -0.520. The van der Waals surface area contributed by atoms with E-state index in [9.17, 15) is 0 Å². The maximum absolute atomic E-state index is 6.05. The third-order valence-corrected chi connectivity index (χ3v) is 4.44. The van der Waals surface area contributed by atoms with Crippen molar-refractivity contribution in [1.29, 1.82) is 0 Å². The van der Waals surface area contributed by atoms with Crippen LogP contribution in [0.1, 0.15) is 20.3 Å². The number of hydrogen-bond acceptors (Lipinski definition) is 5. The summed E-state index contributed by atoms with van der Waals surface area (Å²) in [6.45, 7) is 8.72. The minimum atomic E-state index is 0.527. The van der Waals surface area contributed by atoms with E-state index < -0.39 is 0 Å². The molecule has 0 spiro atoms. The number of hydrogen-bond donors (Lipinski definition) is 0. The van der Waals surface area contributed by atoms with E-state index in [0.717, 1.165) is 37.2 Å². The molecule has 106 valence electrons. The second-order valence-electron chi connectivity index (χ2n) is 4.82. The molecule has 1 aromatic heterocycles. The Bertz CT molecular complexity index is 421. The lowest BCUT2D eigenvalue weighted by molar-refractivity contribution is 0.192. The van der Waals surface area contributed by atoms with Crippen LogP contribution in [0.25, 0.3) is 0 Å². The van der Waals surface area contributed by atoms with Gasteiger partial charge in [0.1, 0.15) is 11.0 Å². The van der Waals surface area contributed by atoms with Crippen LogP contribution in [0, 0.1) is 0 Å². The van der Waals surface area contributed by atoms with E-state index in [2.05, 4.69) is 33.6 Å². The Morgan fingerprint density at radius 1 is 1.32 bits per heavy atom. The molecule has 1 saturated heterocycles. The fourth-order valence-electron chi connectivity index (χ4n) is 2.29. The molecule has 1 atom stereocenters. The van der Waals surface area contributed by atoms with Crippen LogP contribution in [0.2, 0.25) is 5.15 Å². The van der Waals surface area contributed by atoms with Crippen molar-refractivity contribution in [3.05, 3.63) is 11.2 Å². The van der Waals surface area contributed by atoms with Gasteiger partial charge >= 0.3 is 0 Å². The highest BCUT2D eigenvalue weighted by molar-refractivity contribution is 7.98. The zero-order chi connectivity index (χ0) is 13.8. The summed E-state index contributed by atoms with van der Waals surface area (Å²) in [5.74, 6) is 0.952. The van der Waals surface area contributed by atoms with Gasteiger partial charge in [-0.2, -0.15) is 0 Å². The molecule has 1 fully saturated rings. The summed E-state index contributed by atoms with van der Waals surface area (Å²) >= 11 is 7.57. The first-order chi connectivity index (χ1) is 9.13. The second-order valence-corrected chi connectivity index (χ2v) is 5.98. The minimum Gasteiger partial charge on any atom is -0.354 e. The number of piperazine rings is 1. The number of thioether (sulfide) groups is 1. The van der Waals surface area contributed by atoms with E-state index >= 15 is 0 Å². The molecule has 2 heterocycles. The van der Waals surface area contributed by atoms with Crippen molar-refractivity contribution in [3.63, 3.8) is 0 Å². The van der Waals surface area contributed by atoms with Gasteiger partial charge in [0, 0.05) is 38.3 Å². The standard InChI is InChI=1S/C13H21ClN4S/c1-4-10(2)17-5-7-18(8-6-17)12-9-11(14)15-13(16-12)19-3/h9-10H,4-8H2,1-3H3. The molecule has 6 heteroatoms. The molecule has 0 saturated carbocycles. The average molecular weight is 301 g/mol. The summed E-state index contributed by atoms with van der Waals surface area (Å²) < 4.78 is 0. The molecule has 19 heavy (non-hydrogen) atoms. The summed E-state index contributed by atoms with van der Waals surface area (Å²) in [5, 5.41) is 1.27. The molecular weight excluding hydrogens is 280 g/mol. The number of nitrogens with zero attached hydrogens (tertiary/aromatic N) is 4. The van der Waals surface area contributed by atoms with Gasteiger partial charge in [0.2, 0.25) is 0 Å². The fourth-order valence-corrected chi connectivity index (χ4v) is 2.89. The van der Waals surface area contributed by atoms with Crippen LogP contribution in [0.4, 0.5) is 5.82 Å². The zero-order valence-corrected chi connectivity index (χ0v) is 13.3. The van der Waals surface area contributed by atoms with E-state index in [4.69, 9.17) is 11.6 Å². The Kier molecular flexibility index (Phi) is 5.30. The van der Waals surface area contributed by atoms with Gasteiger partial charge in [-0.1, -0.05) is 30.3 Å². The molecule has 1 unspecified atom stereocenters. The quantitative estimate of drug-likeness (QED) is 0.485. The third kappa shape index (κ3) is 3.74. The van der Waals surface area contributed by atoms with E-state index in [1.807, 2.05) is 12.3 Å². The maximum atomic E-state index is 6.05. The molecule has 2 rings (SSSR count). The first-order valence-electron chi connectivity index (χ1n) is 6.71. The van der Waals surface area contributed by atoms with Gasteiger partial charge < -0.3 is 4.90 Å². The number of rotatable bonds is 4. The van der Waals surface area contributed by atoms with Gasteiger partial charge in [0.15, 0.2) is 5.16 Å². The van der Waals surface area contributed by atoms with Crippen LogP contribution in [-0.4, -0.2) is 53.3 Å². The molecule has 0 aromatic carbocycles. The highest BCUT2D eigenvalue weighted by Crippen LogP contribution is 2.22. The van der Waals surface area contributed by atoms with Crippen LogP contribution in [0.15, 0.2) is 11.2 Å². The normalized spacial score (nSPS) is 18.6. The van der Waals surface area contributed by atoms with Crippen LogP contribution < -0.4 is 4.90 Å². The van der Waals surface area contributed by atoms with Crippen LogP contribution >= 0.6 is 23.4 Å². The van der Waals surface area contributed by atoms with Crippen molar-refractivity contribution in [2.75, 3.05) is 37.3 Å². The summed E-state index contributed by atoms with van der Waals surface area (Å²) in [4.78, 5) is 13.6. The molecule has 0 aliphatic carbocycles. The predicted molar refractivity (Wildman–Crippen MR) is 82.4 cm³/mol. The Balaban J connectivity index is 2.03. The Labute approximate surface area is 124 Å². The summed E-state index contributed by atoms with van der Waals surface area (Å²) in [6, 6.07) is 2.53. The molecule has 0 N–H and O–H groups in total. The van der Waals surface area contributed by atoms with Gasteiger partial charge in [-0.25, -0.2) is 9.97 Å². The molecule has 0 amide bonds. The first kappa shape index (κ1) is 14.9. The van der Waals surface area contributed by atoms with E-state index in [1.54, 1.807) is 0 Å². The molecule has 1 aliphatic rings. The van der Waals surface area contributed by atoms with E-state index in [1.165, 1.54) is 18.2 Å². The fraction of sp³-hybridized carbons (Fsp3) is 0.692. The average Bonchev–Trinajstić information content (AvgIpc) is 2.46. The summed E-state index contributed by atoms with van der Waals surface area (Å²) in [6.07, 6.45) is 3.17. The van der Waals surface area contributed by atoms with E-state index in [-0.39, 0.29) is 0 Å². The topological polar surface area (TPSA) is 32.3 Å². The Morgan fingerprint density at radius 3 is 2.58 bits per heavy atom. The van der Waals surface area contributed by atoms with Crippen molar-refractivity contribution < 1.29 is 0 Å². The number of halogens is 1. The van der Waals surface area contributed by atoms with Gasteiger partial charge in [0.05, 0.1) is 0 Å². The lowest BCUT2D eigenvalue weighted by atomic mass is 10.2. The smallest absolute Gasteiger partial charge is 0.190 e. The lowest BCUT2D eigenvalue weighted by Crippen LogP contribution is -2.49. The molecule has 1 aromatic rings. The maximum Gasteiger partial charge on any atom is 0.190 e. The predicted octanol–water partition coefficient (Wildman–Crippen LogP) is 2.77. The van der Waals surface area contributed by atoms with Crippen LogP contribution in [-0.2, 0) is 0 Å². The summed E-state index contributed by atoms with van der Waals surface area (Å²) in [7, 11) is 0. The number of anilines is 1. The highest BCUT2D eigenvalue weighted by atomic mass is 35.5. The molecule has 0 radical (unpaired) electrons. The van der Waals surface area contributed by atoms with Gasteiger partial charge in [-0.15, -0.1) is 0 Å². The van der Waals surface area contributed by atoms with Crippen molar-refractivity contribution >= 4 is 29.2 Å². The van der Waals surface area contributed by atoms with Crippen LogP contribution in [0.5, 0.6) is 0 Å². The third-order valence-electron chi connectivity index (χ3n) is 3.70. The Morgan fingerprint density at radius 2 is 2.00 bits per heavy atom. The molecule has 4 nitrogen and oxygen atoms in total. The van der Waals surface area contributed by atoms with E-state index in [0.29, 0.717) is 11.2 Å². The highest BCUT2D eigenvalue weighted by Gasteiger charge is 2.21. The van der Waals surface area contributed by atoms with Crippen molar-refractivity contribution in [2.24, 2.45) is 0 Å². The molecule has 1 aliphatic heterocycles. The largest absolute Gasteiger partial charge is 0.354 e.